The van der Waals surface area contributed by atoms with Gasteiger partial charge in [0.25, 0.3) is 0 Å². The second-order valence-electron chi connectivity index (χ2n) is 1.63. The molecule has 3 N–H and O–H groups in total. The Kier molecular flexibility index (Phi) is 4.82. The molecule has 0 aliphatic rings. The smallest absolute Gasteiger partial charge is 0.311 e. The number of hydrogen-bond donors (Lipinski definition) is 3. The molecule has 0 radical (unpaired) electrons. The highest BCUT2D eigenvalue weighted by atomic mass is 16.5. The zero-order valence-electron chi connectivity index (χ0n) is 5.36. The van der Waals surface area contributed by atoms with Crippen LogP contribution in [0.2, 0.25) is 0 Å². The van der Waals surface area contributed by atoms with Gasteiger partial charge in [0.1, 0.15) is 6.61 Å². The topological polar surface area (TPSA) is 87.0 Å². The number of aliphatic hydroxyl groups excluding tert-OH is 2. The van der Waals surface area contributed by atoms with Crippen LogP contribution >= 0.6 is 0 Å². The summed E-state index contributed by atoms with van der Waals surface area (Å²) in [6.45, 7) is -0.362. The van der Waals surface area contributed by atoms with Gasteiger partial charge < -0.3 is 20.1 Å². The van der Waals surface area contributed by atoms with Crippen molar-refractivity contribution in [2.24, 2.45) is 0 Å². The second-order valence-corrected chi connectivity index (χ2v) is 1.63. The molecule has 0 aromatic heterocycles. The van der Waals surface area contributed by atoms with Crippen LogP contribution in [0, 0.1) is 0 Å². The standard InChI is InChI=1S/C5H10O5/c6-1-2-10-5(9)3-4(7)8/h4,6-8H,1-3H2. The van der Waals surface area contributed by atoms with Crippen molar-refractivity contribution >= 4 is 5.97 Å². The molecule has 0 bridgehead atoms. The van der Waals surface area contributed by atoms with E-state index in [1.165, 1.54) is 0 Å². The molecule has 0 spiro atoms. The van der Waals surface area contributed by atoms with Gasteiger partial charge in [-0.2, -0.15) is 0 Å². The number of esters is 1. The molecule has 0 unspecified atom stereocenters. The Morgan fingerprint density at radius 3 is 2.50 bits per heavy atom. The molecule has 5 nitrogen and oxygen atoms in total. The summed E-state index contributed by atoms with van der Waals surface area (Å²) in [6, 6.07) is 0. The first kappa shape index (κ1) is 9.35. The van der Waals surface area contributed by atoms with Gasteiger partial charge in [0.05, 0.1) is 13.0 Å². The molecule has 0 atom stereocenters. The molecule has 0 fully saturated rings. The summed E-state index contributed by atoms with van der Waals surface area (Å²) in [7, 11) is 0. The summed E-state index contributed by atoms with van der Waals surface area (Å²) in [5.74, 6) is -0.732. The Hall–Kier alpha value is -0.650. The predicted octanol–water partition coefficient (Wildman–Crippen LogP) is -1.78. The van der Waals surface area contributed by atoms with Crippen LogP contribution in [0.4, 0.5) is 0 Å². The van der Waals surface area contributed by atoms with Crippen molar-refractivity contribution < 1.29 is 24.9 Å². The van der Waals surface area contributed by atoms with Crippen molar-refractivity contribution in [2.75, 3.05) is 13.2 Å². The van der Waals surface area contributed by atoms with E-state index in [-0.39, 0.29) is 13.2 Å². The number of carbonyl (C=O) groups excluding carboxylic acids is 1. The lowest BCUT2D eigenvalue weighted by molar-refractivity contribution is -0.153. The molecular formula is C5H10O5. The van der Waals surface area contributed by atoms with Gasteiger partial charge >= 0.3 is 5.97 Å². The molecule has 0 aliphatic carbocycles. The van der Waals surface area contributed by atoms with E-state index in [2.05, 4.69) is 4.74 Å². The van der Waals surface area contributed by atoms with E-state index in [0.29, 0.717) is 0 Å². The van der Waals surface area contributed by atoms with Crippen molar-refractivity contribution in [3.63, 3.8) is 0 Å². The molecule has 60 valence electrons. The van der Waals surface area contributed by atoms with Gasteiger partial charge in [-0.15, -0.1) is 0 Å². The minimum Gasteiger partial charge on any atom is -0.463 e. The number of carbonyl (C=O) groups is 1. The number of rotatable bonds is 4. The fourth-order valence-electron chi connectivity index (χ4n) is 0.367. The fraction of sp³-hybridized carbons (Fsp3) is 0.800. The van der Waals surface area contributed by atoms with Crippen molar-refractivity contribution in [1.29, 1.82) is 0 Å². The highest BCUT2D eigenvalue weighted by Gasteiger charge is 2.07. The maximum atomic E-state index is 10.4. The van der Waals surface area contributed by atoms with Crippen molar-refractivity contribution in [1.82, 2.24) is 0 Å². The Morgan fingerprint density at radius 2 is 2.10 bits per heavy atom. The first-order chi connectivity index (χ1) is 4.66. The maximum absolute atomic E-state index is 10.4. The van der Waals surface area contributed by atoms with Crippen LogP contribution in [0.1, 0.15) is 6.42 Å². The van der Waals surface area contributed by atoms with Crippen molar-refractivity contribution in [3.8, 4) is 0 Å². The minimum absolute atomic E-state index is 0.106. The van der Waals surface area contributed by atoms with E-state index in [9.17, 15) is 4.79 Å². The highest BCUT2D eigenvalue weighted by Crippen LogP contribution is 1.89. The van der Waals surface area contributed by atoms with Gasteiger partial charge in [-0.25, -0.2) is 0 Å². The molecular weight excluding hydrogens is 140 g/mol. The van der Waals surface area contributed by atoms with Crippen LogP contribution in [0.25, 0.3) is 0 Å². The van der Waals surface area contributed by atoms with Crippen LogP contribution in [0.5, 0.6) is 0 Å². The number of aliphatic hydroxyl groups is 3. The Bertz CT molecular complexity index is 100. The molecule has 10 heavy (non-hydrogen) atoms. The van der Waals surface area contributed by atoms with Gasteiger partial charge in [0, 0.05) is 0 Å². The average molecular weight is 150 g/mol. The van der Waals surface area contributed by atoms with E-state index < -0.39 is 18.7 Å². The summed E-state index contributed by atoms with van der Waals surface area (Å²) in [6.07, 6.45) is -2.13. The lowest BCUT2D eigenvalue weighted by atomic mass is 10.4. The van der Waals surface area contributed by atoms with Crippen LogP contribution in [-0.2, 0) is 9.53 Å². The van der Waals surface area contributed by atoms with E-state index in [1.807, 2.05) is 0 Å². The molecule has 0 aliphatic heterocycles. The third kappa shape index (κ3) is 5.49. The van der Waals surface area contributed by atoms with Gasteiger partial charge in [-0.05, 0) is 0 Å². The summed E-state index contributed by atoms with van der Waals surface area (Å²) in [5.41, 5.74) is 0. The van der Waals surface area contributed by atoms with Crippen LogP contribution < -0.4 is 0 Å². The largest absolute Gasteiger partial charge is 0.463 e. The summed E-state index contributed by atoms with van der Waals surface area (Å²) in [5, 5.41) is 24.6. The lowest BCUT2D eigenvalue weighted by Gasteiger charge is -2.02. The van der Waals surface area contributed by atoms with Gasteiger partial charge in [-0.3, -0.25) is 4.79 Å². The summed E-state index contributed by atoms with van der Waals surface area (Å²) in [4.78, 5) is 10.4. The van der Waals surface area contributed by atoms with E-state index in [1.54, 1.807) is 0 Å². The fourth-order valence-corrected chi connectivity index (χ4v) is 0.367. The Morgan fingerprint density at radius 1 is 1.50 bits per heavy atom. The van der Waals surface area contributed by atoms with Crippen LogP contribution in [0.15, 0.2) is 0 Å². The maximum Gasteiger partial charge on any atom is 0.311 e. The SMILES string of the molecule is O=C(CC(O)O)OCCO. The molecule has 0 rings (SSSR count). The first-order valence-corrected chi connectivity index (χ1v) is 2.79. The molecule has 0 heterocycles. The Balaban J connectivity index is 3.26. The summed E-state index contributed by atoms with van der Waals surface area (Å²) < 4.78 is 4.29. The van der Waals surface area contributed by atoms with Crippen LogP contribution in [-0.4, -0.2) is 40.8 Å². The number of ether oxygens (including phenoxy) is 1. The van der Waals surface area contributed by atoms with E-state index >= 15 is 0 Å². The van der Waals surface area contributed by atoms with Crippen molar-refractivity contribution in [2.45, 2.75) is 12.7 Å². The van der Waals surface area contributed by atoms with Gasteiger partial charge in [-0.1, -0.05) is 0 Å². The van der Waals surface area contributed by atoms with Crippen LogP contribution in [0.3, 0.4) is 0 Å². The quantitative estimate of drug-likeness (QED) is 0.326. The highest BCUT2D eigenvalue weighted by molar-refractivity contribution is 5.69. The van der Waals surface area contributed by atoms with E-state index in [0.717, 1.165) is 0 Å². The lowest BCUT2D eigenvalue weighted by Crippen LogP contribution is -2.16. The van der Waals surface area contributed by atoms with Crippen molar-refractivity contribution in [3.05, 3.63) is 0 Å². The zero-order valence-corrected chi connectivity index (χ0v) is 5.36. The minimum atomic E-state index is -1.67. The normalized spacial score (nSPS) is 10.0. The first-order valence-electron chi connectivity index (χ1n) is 2.79. The average Bonchev–Trinajstić information content (AvgIpc) is 1.82. The molecule has 0 amide bonds. The Labute approximate surface area is 57.9 Å². The zero-order chi connectivity index (χ0) is 7.98. The van der Waals surface area contributed by atoms with Gasteiger partial charge in [0.2, 0.25) is 0 Å². The molecule has 5 heteroatoms. The summed E-state index contributed by atoms with van der Waals surface area (Å²) >= 11 is 0. The molecule has 0 aromatic rings. The monoisotopic (exact) mass is 150 g/mol. The third-order valence-corrected chi connectivity index (χ3v) is 0.704. The second kappa shape index (κ2) is 5.16. The predicted molar refractivity (Wildman–Crippen MR) is 30.9 cm³/mol. The van der Waals surface area contributed by atoms with Gasteiger partial charge in [0.15, 0.2) is 6.29 Å². The molecule has 0 saturated heterocycles. The molecule has 0 aromatic carbocycles. The third-order valence-electron chi connectivity index (χ3n) is 0.704. The number of hydrogen-bond acceptors (Lipinski definition) is 5. The molecule has 0 saturated carbocycles. The van der Waals surface area contributed by atoms with E-state index in [4.69, 9.17) is 15.3 Å².